The van der Waals surface area contributed by atoms with Crippen LogP contribution in [0.25, 0.3) is 0 Å². The Kier molecular flexibility index (Phi) is 26.6. The van der Waals surface area contributed by atoms with E-state index in [9.17, 15) is 4.79 Å². The van der Waals surface area contributed by atoms with Crippen molar-refractivity contribution in [1.82, 2.24) is 4.90 Å². The normalized spacial score (nSPS) is 12.3. The Balaban J connectivity index is 4.42. The molecule has 0 radical (unpaired) electrons. The van der Waals surface area contributed by atoms with Gasteiger partial charge in [0.25, 0.3) is 0 Å². The zero-order valence-corrected chi connectivity index (χ0v) is 29.3. The molecule has 0 aliphatic carbocycles. The molecule has 0 heterocycles. The van der Waals surface area contributed by atoms with Crippen molar-refractivity contribution < 1.29 is 14.3 Å². The molecule has 0 saturated carbocycles. The van der Waals surface area contributed by atoms with Gasteiger partial charge in [0.15, 0.2) is 0 Å². The van der Waals surface area contributed by atoms with Crippen LogP contribution in [0.1, 0.15) is 196 Å². The summed E-state index contributed by atoms with van der Waals surface area (Å²) in [4.78, 5) is 15.6. The Morgan fingerprint density at radius 2 is 0.878 bits per heavy atom. The van der Waals surface area contributed by atoms with Crippen molar-refractivity contribution in [3.05, 3.63) is 0 Å². The van der Waals surface area contributed by atoms with Gasteiger partial charge in [-0.1, -0.05) is 142 Å². The van der Waals surface area contributed by atoms with Crippen molar-refractivity contribution in [3.63, 3.8) is 0 Å². The predicted molar refractivity (Wildman–Crippen MR) is 180 cm³/mol. The number of nitrogens with zero attached hydrogens (tertiary/aromatic N) is 1. The van der Waals surface area contributed by atoms with E-state index in [1.165, 1.54) is 128 Å². The minimum absolute atomic E-state index is 0.198. The SMILES string of the molecule is CCCCCCCCCCCCCCN(CCCCCCCCCCCC)C(=O)CC(C)(C)OCCC(C)(C)OC. The summed E-state index contributed by atoms with van der Waals surface area (Å²) in [6, 6.07) is 0. The molecule has 0 atom stereocenters. The second-order valence-electron chi connectivity index (χ2n) is 14.0. The first-order valence-corrected chi connectivity index (χ1v) is 18.1. The average Bonchev–Trinajstić information content (AvgIpc) is 2.92. The third kappa shape index (κ3) is 26.7. The largest absolute Gasteiger partial charge is 0.379 e. The van der Waals surface area contributed by atoms with E-state index in [1.807, 2.05) is 0 Å². The van der Waals surface area contributed by atoms with E-state index in [0.29, 0.717) is 13.0 Å². The van der Waals surface area contributed by atoms with Gasteiger partial charge in [0.2, 0.25) is 5.91 Å². The highest BCUT2D eigenvalue weighted by molar-refractivity contribution is 5.77. The van der Waals surface area contributed by atoms with Crippen LogP contribution in [0.2, 0.25) is 0 Å². The number of amides is 1. The molecule has 1 amide bonds. The number of unbranched alkanes of at least 4 members (excludes halogenated alkanes) is 20. The van der Waals surface area contributed by atoms with Crippen molar-refractivity contribution >= 4 is 5.91 Å². The summed E-state index contributed by atoms with van der Waals surface area (Å²) >= 11 is 0. The maximum absolute atomic E-state index is 13.4. The molecule has 4 heteroatoms. The molecule has 0 aliphatic heterocycles. The Hall–Kier alpha value is -0.610. The van der Waals surface area contributed by atoms with E-state index in [2.05, 4.69) is 46.4 Å². The molecule has 0 fully saturated rings. The molecule has 0 aromatic rings. The molecule has 0 aromatic carbocycles. The molecule has 246 valence electrons. The monoisotopic (exact) mass is 582 g/mol. The fourth-order valence-corrected chi connectivity index (χ4v) is 5.50. The highest BCUT2D eigenvalue weighted by Crippen LogP contribution is 2.21. The highest BCUT2D eigenvalue weighted by Gasteiger charge is 2.27. The molecule has 0 unspecified atom stereocenters. The van der Waals surface area contributed by atoms with Gasteiger partial charge in [0, 0.05) is 20.2 Å². The van der Waals surface area contributed by atoms with Crippen molar-refractivity contribution in [2.45, 2.75) is 207 Å². The zero-order valence-electron chi connectivity index (χ0n) is 29.3. The molecular formula is C37H75NO3. The highest BCUT2D eigenvalue weighted by atomic mass is 16.5. The Morgan fingerprint density at radius 1 is 0.537 bits per heavy atom. The molecule has 4 nitrogen and oxygen atoms in total. The zero-order chi connectivity index (χ0) is 30.7. The van der Waals surface area contributed by atoms with Gasteiger partial charge in [0.05, 0.1) is 24.2 Å². The summed E-state index contributed by atoms with van der Waals surface area (Å²) in [6.45, 7) is 15.3. The van der Waals surface area contributed by atoms with Gasteiger partial charge in [-0.25, -0.2) is 0 Å². The lowest BCUT2D eigenvalue weighted by molar-refractivity contribution is -0.138. The number of ether oxygens (including phenoxy) is 2. The Bertz CT molecular complexity index is 575. The molecule has 0 saturated heterocycles. The number of carbonyl (C=O) groups excluding carboxylic acids is 1. The first-order chi connectivity index (χ1) is 19.7. The van der Waals surface area contributed by atoms with Crippen LogP contribution in [-0.2, 0) is 14.3 Å². The van der Waals surface area contributed by atoms with Crippen LogP contribution in [-0.4, -0.2) is 48.8 Å². The van der Waals surface area contributed by atoms with E-state index in [-0.39, 0.29) is 11.5 Å². The second-order valence-corrected chi connectivity index (χ2v) is 14.0. The van der Waals surface area contributed by atoms with Gasteiger partial charge in [0.1, 0.15) is 0 Å². The maximum atomic E-state index is 13.4. The third-order valence-electron chi connectivity index (χ3n) is 8.74. The van der Waals surface area contributed by atoms with Gasteiger partial charge in [-0.05, 0) is 47.0 Å². The van der Waals surface area contributed by atoms with Gasteiger partial charge in [-0.2, -0.15) is 0 Å². The lowest BCUT2D eigenvalue weighted by atomic mass is 10.0. The average molecular weight is 582 g/mol. The smallest absolute Gasteiger partial charge is 0.225 e. The van der Waals surface area contributed by atoms with Gasteiger partial charge < -0.3 is 14.4 Å². The number of hydrogen-bond acceptors (Lipinski definition) is 3. The van der Waals surface area contributed by atoms with E-state index in [0.717, 1.165) is 32.4 Å². The molecule has 41 heavy (non-hydrogen) atoms. The second kappa shape index (κ2) is 27.0. The van der Waals surface area contributed by atoms with Crippen molar-refractivity contribution in [1.29, 1.82) is 0 Å². The molecule has 0 N–H and O–H groups in total. The number of hydrogen-bond donors (Lipinski definition) is 0. The first-order valence-electron chi connectivity index (χ1n) is 18.1. The van der Waals surface area contributed by atoms with E-state index < -0.39 is 5.60 Å². The summed E-state index contributed by atoms with van der Waals surface area (Å²) in [7, 11) is 1.75. The fraction of sp³-hybridized carbons (Fsp3) is 0.973. The first kappa shape index (κ1) is 40.4. The maximum Gasteiger partial charge on any atom is 0.225 e. The van der Waals surface area contributed by atoms with E-state index in [4.69, 9.17) is 9.47 Å². The summed E-state index contributed by atoms with van der Waals surface area (Å²) < 4.78 is 11.7. The number of carbonyl (C=O) groups is 1. The molecule has 0 bridgehead atoms. The van der Waals surface area contributed by atoms with E-state index >= 15 is 0 Å². The Morgan fingerprint density at radius 3 is 1.22 bits per heavy atom. The van der Waals surface area contributed by atoms with Crippen LogP contribution in [0.5, 0.6) is 0 Å². The molecule has 0 aromatic heterocycles. The van der Waals surface area contributed by atoms with Gasteiger partial charge >= 0.3 is 0 Å². The van der Waals surface area contributed by atoms with Crippen LogP contribution >= 0.6 is 0 Å². The van der Waals surface area contributed by atoms with Crippen molar-refractivity contribution in [2.24, 2.45) is 0 Å². The fourth-order valence-electron chi connectivity index (χ4n) is 5.50. The number of rotatable bonds is 31. The lowest BCUT2D eigenvalue weighted by Gasteiger charge is -2.31. The lowest BCUT2D eigenvalue weighted by Crippen LogP contribution is -2.39. The quantitative estimate of drug-likeness (QED) is 0.0764. The van der Waals surface area contributed by atoms with Crippen molar-refractivity contribution in [3.8, 4) is 0 Å². The summed E-state index contributed by atoms with van der Waals surface area (Å²) in [5, 5.41) is 0. The molecule has 0 spiro atoms. The topological polar surface area (TPSA) is 38.8 Å². The standard InChI is InChI=1S/C37H75NO3/c1-8-10-12-14-16-18-20-21-23-25-27-29-32-38(31-28-26-24-22-19-17-15-13-11-9-2)35(39)34-37(5,6)41-33-30-36(3,4)40-7/h8-34H2,1-7H3. The number of methoxy groups -OCH3 is 1. The molecule has 0 rings (SSSR count). The van der Waals surface area contributed by atoms with Crippen LogP contribution in [0.4, 0.5) is 0 Å². The van der Waals surface area contributed by atoms with Crippen LogP contribution in [0.15, 0.2) is 0 Å². The molecular weight excluding hydrogens is 506 g/mol. The van der Waals surface area contributed by atoms with Gasteiger partial charge in [-0.3, -0.25) is 4.79 Å². The Labute approximate surface area is 258 Å². The van der Waals surface area contributed by atoms with Crippen LogP contribution < -0.4 is 0 Å². The summed E-state index contributed by atoms with van der Waals surface area (Å²) in [5.74, 6) is 0.264. The van der Waals surface area contributed by atoms with Crippen LogP contribution in [0.3, 0.4) is 0 Å². The van der Waals surface area contributed by atoms with Crippen molar-refractivity contribution in [2.75, 3.05) is 26.8 Å². The minimum Gasteiger partial charge on any atom is -0.379 e. The van der Waals surface area contributed by atoms with Crippen LogP contribution in [0, 0.1) is 0 Å². The molecule has 0 aliphatic rings. The van der Waals surface area contributed by atoms with Gasteiger partial charge in [-0.15, -0.1) is 0 Å². The minimum atomic E-state index is -0.451. The predicted octanol–water partition coefficient (Wildman–Crippen LogP) is 11.4. The van der Waals surface area contributed by atoms with E-state index in [1.54, 1.807) is 7.11 Å². The summed E-state index contributed by atoms with van der Waals surface area (Å²) in [6.07, 6.45) is 30.7. The third-order valence-corrected chi connectivity index (χ3v) is 8.74. The summed E-state index contributed by atoms with van der Waals surface area (Å²) in [5.41, 5.74) is -0.649.